The maximum atomic E-state index is 11.9. The molecule has 0 radical (unpaired) electrons. The van der Waals surface area contributed by atoms with Gasteiger partial charge in [0, 0.05) is 6.42 Å². The van der Waals surface area contributed by atoms with Crippen LogP contribution in [0, 0.1) is 5.92 Å². The molecule has 0 saturated heterocycles. The van der Waals surface area contributed by atoms with Crippen molar-refractivity contribution in [2.75, 3.05) is 0 Å². The lowest BCUT2D eigenvalue weighted by atomic mass is 9.93. The maximum absolute atomic E-state index is 11.9. The summed E-state index contributed by atoms with van der Waals surface area (Å²) in [4.78, 5) is 11.9. The molecule has 0 saturated carbocycles. The lowest BCUT2D eigenvalue weighted by molar-refractivity contribution is -0.122. The first-order chi connectivity index (χ1) is 10.5. The third kappa shape index (κ3) is 6.16. The molecule has 0 spiro atoms. The van der Waals surface area contributed by atoms with Gasteiger partial charge in [0.15, 0.2) is 0 Å². The number of benzene rings is 1. The molecule has 4 nitrogen and oxygen atoms in total. The maximum Gasteiger partial charge on any atom is 0.220 e. The van der Waals surface area contributed by atoms with Gasteiger partial charge in [-0.3, -0.25) is 4.79 Å². The zero-order valence-electron chi connectivity index (χ0n) is 13.8. The van der Waals surface area contributed by atoms with Gasteiger partial charge in [0.2, 0.25) is 5.91 Å². The summed E-state index contributed by atoms with van der Waals surface area (Å²) in [7, 11) is 0. The van der Waals surface area contributed by atoms with Crippen LogP contribution < -0.4 is 5.32 Å². The summed E-state index contributed by atoms with van der Waals surface area (Å²) in [6.45, 7) is 5.91. The Morgan fingerprint density at radius 1 is 1.14 bits per heavy atom. The van der Waals surface area contributed by atoms with E-state index in [2.05, 4.69) is 5.32 Å². The van der Waals surface area contributed by atoms with E-state index in [0.717, 1.165) is 18.4 Å². The molecule has 4 atom stereocenters. The van der Waals surface area contributed by atoms with Crippen LogP contribution in [0.5, 0.6) is 0 Å². The van der Waals surface area contributed by atoms with Gasteiger partial charge in [-0.25, -0.2) is 0 Å². The van der Waals surface area contributed by atoms with E-state index in [9.17, 15) is 15.0 Å². The Balaban J connectivity index is 2.36. The number of aliphatic hydroxyl groups excluding tert-OH is 2. The van der Waals surface area contributed by atoms with E-state index in [1.165, 1.54) is 0 Å². The molecule has 124 valence electrons. The van der Waals surface area contributed by atoms with Crippen LogP contribution in [0.3, 0.4) is 0 Å². The minimum absolute atomic E-state index is 0.0475. The van der Waals surface area contributed by atoms with Crippen molar-refractivity contribution < 1.29 is 15.0 Å². The van der Waals surface area contributed by atoms with Crippen LogP contribution in [0.1, 0.15) is 58.1 Å². The van der Waals surface area contributed by atoms with E-state index >= 15 is 0 Å². The molecule has 1 amide bonds. The van der Waals surface area contributed by atoms with Crippen LogP contribution in [-0.2, 0) is 4.79 Å². The van der Waals surface area contributed by atoms with Crippen molar-refractivity contribution in [2.24, 2.45) is 5.92 Å². The second-order valence-corrected chi connectivity index (χ2v) is 6.06. The number of hydrogen-bond acceptors (Lipinski definition) is 3. The predicted molar refractivity (Wildman–Crippen MR) is 88.3 cm³/mol. The molecule has 1 rings (SSSR count). The highest BCUT2D eigenvalue weighted by molar-refractivity contribution is 5.76. The van der Waals surface area contributed by atoms with E-state index in [-0.39, 0.29) is 30.7 Å². The molecular weight excluding hydrogens is 278 g/mol. The average Bonchev–Trinajstić information content (AvgIpc) is 2.52. The van der Waals surface area contributed by atoms with Gasteiger partial charge >= 0.3 is 0 Å². The largest absolute Gasteiger partial charge is 0.390 e. The molecule has 1 aromatic rings. The van der Waals surface area contributed by atoms with Crippen molar-refractivity contribution in [2.45, 2.75) is 64.7 Å². The predicted octanol–water partition coefficient (Wildman–Crippen LogP) is 2.80. The number of nitrogens with one attached hydrogen (secondary N) is 1. The summed E-state index contributed by atoms with van der Waals surface area (Å²) >= 11 is 0. The lowest BCUT2D eigenvalue weighted by Gasteiger charge is -2.23. The van der Waals surface area contributed by atoms with Gasteiger partial charge in [0.05, 0.1) is 18.2 Å². The quantitative estimate of drug-likeness (QED) is 0.657. The van der Waals surface area contributed by atoms with Gasteiger partial charge in [-0.15, -0.1) is 0 Å². The SMILES string of the molecule is CCCC(C)C(O)[C@H](O)CCC(=O)N[C@H](C)c1ccccc1. The summed E-state index contributed by atoms with van der Waals surface area (Å²) in [6.07, 6.45) is 0.727. The Bertz CT molecular complexity index is 435. The fraction of sp³-hybridized carbons (Fsp3) is 0.611. The Morgan fingerprint density at radius 2 is 1.77 bits per heavy atom. The second-order valence-electron chi connectivity index (χ2n) is 6.06. The molecular formula is C18H29NO3. The van der Waals surface area contributed by atoms with Crippen LogP contribution in [0.2, 0.25) is 0 Å². The van der Waals surface area contributed by atoms with E-state index in [4.69, 9.17) is 0 Å². The second kappa shape index (κ2) is 9.59. The van der Waals surface area contributed by atoms with Crippen molar-refractivity contribution in [3.8, 4) is 0 Å². The Morgan fingerprint density at radius 3 is 2.36 bits per heavy atom. The summed E-state index contributed by atoms with van der Waals surface area (Å²) < 4.78 is 0. The summed E-state index contributed by atoms with van der Waals surface area (Å²) in [6, 6.07) is 9.69. The van der Waals surface area contributed by atoms with Crippen LogP contribution in [0.25, 0.3) is 0 Å². The highest BCUT2D eigenvalue weighted by Gasteiger charge is 2.23. The molecule has 1 aromatic carbocycles. The van der Waals surface area contributed by atoms with E-state index in [1.54, 1.807) is 0 Å². The number of hydrogen-bond donors (Lipinski definition) is 3. The van der Waals surface area contributed by atoms with Crippen molar-refractivity contribution in [3.63, 3.8) is 0 Å². The Labute approximate surface area is 133 Å². The summed E-state index contributed by atoms with van der Waals surface area (Å²) in [5, 5.41) is 22.9. The zero-order chi connectivity index (χ0) is 16.5. The normalized spacial score (nSPS) is 16.6. The molecule has 22 heavy (non-hydrogen) atoms. The molecule has 0 aliphatic carbocycles. The Kier molecular flexibility index (Phi) is 8.13. The van der Waals surface area contributed by atoms with Crippen molar-refractivity contribution in [3.05, 3.63) is 35.9 Å². The zero-order valence-corrected chi connectivity index (χ0v) is 13.8. The highest BCUT2D eigenvalue weighted by Crippen LogP contribution is 2.17. The molecule has 0 bridgehead atoms. The van der Waals surface area contributed by atoms with Crippen molar-refractivity contribution in [1.29, 1.82) is 0 Å². The average molecular weight is 307 g/mol. The topological polar surface area (TPSA) is 69.6 Å². The molecule has 0 aliphatic rings. The first-order valence-electron chi connectivity index (χ1n) is 8.16. The molecule has 0 aromatic heterocycles. The minimum Gasteiger partial charge on any atom is -0.390 e. The molecule has 3 N–H and O–H groups in total. The van der Waals surface area contributed by atoms with Gasteiger partial charge in [-0.05, 0) is 31.2 Å². The fourth-order valence-corrected chi connectivity index (χ4v) is 2.59. The lowest BCUT2D eigenvalue weighted by Crippen LogP contribution is -2.34. The van der Waals surface area contributed by atoms with Gasteiger partial charge < -0.3 is 15.5 Å². The number of rotatable bonds is 9. The monoisotopic (exact) mass is 307 g/mol. The van der Waals surface area contributed by atoms with Gasteiger partial charge in [0.1, 0.15) is 0 Å². The summed E-state index contributed by atoms with van der Waals surface area (Å²) in [5.41, 5.74) is 1.05. The number of carbonyl (C=O) groups is 1. The molecule has 0 fully saturated rings. The number of amides is 1. The number of aliphatic hydroxyl groups is 2. The van der Waals surface area contributed by atoms with E-state index in [0.29, 0.717) is 0 Å². The van der Waals surface area contributed by atoms with Crippen molar-refractivity contribution >= 4 is 5.91 Å². The van der Waals surface area contributed by atoms with Crippen LogP contribution in [-0.4, -0.2) is 28.3 Å². The van der Waals surface area contributed by atoms with Crippen LogP contribution in [0.4, 0.5) is 0 Å². The standard InChI is InChI=1S/C18H29NO3/c1-4-8-13(2)18(22)16(20)11-12-17(21)19-14(3)15-9-6-5-7-10-15/h5-7,9-10,13-14,16,18,20,22H,4,8,11-12H2,1-3H3,(H,19,21)/t13?,14-,16-,18?/m1/s1. The van der Waals surface area contributed by atoms with Gasteiger partial charge in [-0.2, -0.15) is 0 Å². The van der Waals surface area contributed by atoms with Crippen LogP contribution in [0.15, 0.2) is 30.3 Å². The fourth-order valence-electron chi connectivity index (χ4n) is 2.59. The van der Waals surface area contributed by atoms with Crippen molar-refractivity contribution in [1.82, 2.24) is 5.32 Å². The summed E-state index contributed by atoms with van der Waals surface area (Å²) in [5.74, 6) is -0.0583. The molecule has 0 heterocycles. The Hall–Kier alpha value is -1.39. The van der Waals surface area contributed by atoms with Crippen LogP contribution >= 0.6 is 0 Å². The first-order valence-corrected chi connectivity index (χ1v) is 8.16. The third-order valence-corrected chi connectivity index (χ3v) is 4.07. The van der Waals surface area contributed by atoms with Gasteiger partial charge in [-0.1, -0.05) is 50.6 Å². The minimum atomic E-state index is -0.848. The molecule has 0 aliphatic heterocycles. The smallest absolute Gasteiger partial charge is 0.220 e. The molecule has 2 unspecified atom stereocenters. The molecule has 4 heteroatoms. The van der Waals surface area contributed by atoms with E-state index in [1.807, 2.05) is 51.1 Å². The van der Waals surface area contributed by atoms with Gasteiger partial charge in [0.25, 0.3) is 0 Å². The highest BCUT2D eigenvalue weighted by atomic mass is 16.3. The number of carbonyl (C=O) groups excluding carboxylic acids is 1. The third-order valence-electron chi connectivity index (χ3n) is 4.07. The van der Waals surface area contributed by atoms with E-state index < -0.39 is 12.2 Å². The first kappa shape index (κ1) is 18.7.